The van der Waals surface area contributed by atoms with E-state index in [-0.39, 0.29) is 89.3 Å². The second kappa shape index (κ2) is 36.0. The molecule has 29 heteroatoms. The van der Waals surface area contributed by atoms with Crippen LogP contribution < -0.4 is 16.0 Å². The zero-order chi connectivity index (χ0) is 75.2. The van der Waals surface area contributed by atoms with Gasteiger partial charge in [-0.3, -0.25) is 57.5 Å². The van der Waals surface area contributed by atoms with E-state index in [9.17, 15) is 41.9 Å². The van der Waals surface area contributed by atoms with Gasteiger partial charge in [-0.05, 0) is 106 Å². The number of ether oxygens (including phenoxy) is 1. The van der Waals surface area contributed by atoms with Gasteiger partial charge in [0.15, 0.2) is 0 Å². The van der Waals surface area contributed by atoms with Crippen LogP contribution in [0.3, 0.4) is 0 Å². The zero-order valence-corrected chi connectivity index (χ0v) is 62.1. The number of alkyl halides is 3. The average Bonchev–Trinajstić information content (AvgIpc) is 1.46. The lowest BCUT2D eigenvalue weighted by atomic mass is 9.81. The first-order valence-corrected chi connectivity index (χ1v) is 36.3. The largest absolute Gasteiger partial charge is 0.417 e. The van der Waals surface area contributed by atoms with E-state index in [0.717, 1.165) is 56.6 Å². The summed E-state index contributed by atoms with van der Waals surface area (Å²) in [4.78, 5) is 191. The maximum absolute atomic E-state index is 15.8. The molecule has 25 nitrogen and oxygen atoms in total. The highest BCUT2D eigenvalue weighted by molar-refractivity contribution is 6.31. The van der Waals surface area contributed by atoms with E-state index in [0.29, 0.717) is 44.1 Å². The summed E-state index contributed by atoms with van der Waals surface area (Å²) in [5.74, 6) is -9.32. The van der Waals surface area contributed by atoms with Crippen molar-refractivity contribution in [2.24, 2.45) is 17.8 Å². The van der Waals surface area contributed by atoms with Crippen LogP contribution in [0, 0.1) is 24.7 Å². The molecule has 2 aliphatic carbocycles. The number of aryl methyl sites for hydroxylation is 2. The summed E-state index contributed by atoms with van der Waals surface area (Å²) in [6, 6.07) is 1.25. The molecule has 12 amide bonds. The summed E-state index contributed by atoms with van der Waals surface area (Å²) in [5.41, 5.74) is -0.848. The van der Waals surface area contributed by atoms with Gasteiger partial charge in [0.1, 0.15) is 47.8 Å². The summed E-state index contributed by atoms with van der Waals surface area (Å²) in [6.45, 7) is 8.01. The van der Waals surface area contributed by atoms with Gasteiger partial charge in [-0.1, -0.05) is 114 Å². The molecule has 1 spiro atoms. The summed E-state index contributed by atoms with van der Waals surface area (Å²) >= 11 is 6.16. The molecular weight excluding hydrogens is 1350 g/mol. The van der Waals surface area contributed by atoms with Gasteiger partial charge in [-0.25, -0.2) is 0 Å². The van der Waals surface area contributed by atoms with E-state index in [1.807, 2.05) is 39.8 Å². The van der Waals surface area contributed by atoms with Crippen molar-refractivity contribution in [3.8, 4) is 0 Å². The third kappa shape index (κ3) is 20.3. The Labute approximate surface area is 602 Å². The molecule has 564 valence electrons. The number of rotatable bonds is 11. The van der Waals surface area contributed by atoms with E-state index in [4.69, 9.17) is 16.3 Å². The van der Waals surface area contributed by atoms with Crippen molar-refractivity contribution in [1.29, 1.82) is 0 Å². The van der Waals surface area contributed by atoms with Gasteiger partial charge in [-0.15, -0.1) is 0 Å². The Bertz CT molecular complexity index is 3360. The highest BCUT2D eigenvalue weighted by atomic mass is 35.5. The minimum Gasteiger partial charge on any atom is -0.378 e. The fourth-order valence-electron chi connectivity index (χ4n) is 14.7. The minimum absolute atomic E-state index is 0.0167. The fourth-order valence-corrected chi connectivity index (χ4v) is 15.0. The Morgan fingerprint density at radius 3 is 1.86 bits per heavy atom. The lowest BCUT2D eigenvalue weighted by Gasteiger charge is -2.43. The van der Waals surface area contributed by atoms with Crippen LogP contribution in [0.15, 0.2) is 42.5 Å². The third-order valence-corrected chi connectivity index (χ3v) is 21.6. The maximum atomic E-state index is 15.8. The molecule has 0 unspecified atom stereocenters. The highest BCUT2D eigenvalue weighted by Gasteiger charge is 2.51. The number of morpholine rings is 1. The summed E-state index contributed by atoms with van der Waals surface area (Å²) in [7, 11) is 9.77. The van der Waals surface area contributed by atoms with Crippen molar-refractivity contribution < 1.29 is 75.4 Å². The van der Waals surface area contributed by atoms with Crippen LogP contribution >= 0.6 is 11.6 Å². The topological polar surface area (TPSA) is 279 Å². The van der Waals surface area contributed by atoms with Crippen LogP contribution in [0.25, 0.3) is 0 Å². The van der Waals surface area contributed by atoms with Gasteiger partial charge in [0.2, 0.25) is 70.9 Å². The van der Waals surface area contributed by atoms with Gasteiger partial charge in [-0.2, -0.15) is 13.2 Å². The molecule has 3 saturated heterocycles. The zero-order valence-electron chi connectivity index (χ0n) is 61.3. The number of nitrogens with one attached hydrogen (secondary N) is 3. The summed E-state index contributed by atoms with van der Waals surface area (Å²) in [6.07, 6.45) is -0.135. The standard InChI is InChI=1S/C73H106ClF3N12O13/c1-13-47(5)62-69(99)83(8)43-60(92)81(6)44-61(93)85(10)56(40-49-25-23-46(4)24-26-49)67(97)82(7)42-58(90)78-53(30-28-48-27-29-51(52(74)39-48)73(75,76)77)66(96)89-33-19-22-54(89)65(95)80-72(31-17-18-32-72)71(101)87(12)63(50-20-15-14-16-21-50)70(100)86(11)57(68(98)88-34-36-102-37-35-88)41-59(91)84(9)55(38-45(2)3)64(94)79-62/h23-27,29,39,45,47,50,53-57,62-63H,13-22,28,30-38,40-44H2,1-12H3,(H,78,90)(H,79,94)(H,80,95)/t47-,53-,54-,55-,56-,57-,62-,63-/m0/s1. The molecule has 102 heavy (non-hydrogen) atoms. The predicted octanol–water partition coefficient (Wildman–Crippen LogP) is 4.85. The van der Waals surface area contributed by atoms with E-state index in [2.05, 4.69) is 16.0 Å². The summed E-state index contributed by atoms with van der Waals surface area (Å²) in [5, 5.41) is 8.11. The Kier molecular flexibility index (Phi) is 28.8. The van der Waals surface area contributed by atoms with Crippen LogP contribution in [0.1, 0.15) is 146 Å². The lowest BCUT2D eigenvalue weighted by Crippen LogP contribution is -2.65. The SMILES string of the molecule is CC[C@H](C)[C@@H]1NC(=O)[C@H](CC(C)C)N(C)C(=O)C[C@@H](C(=O)N2CCOCC2)N(C)C(=O)[C@H](C2CCCCC2)N(C)C(=O)C2(CCCC2)NC(=O)[C@@H]2CCCN2C(=O)[C@H](CCc2ccc(C(F)(F)F)c(Cl)c2)NC(=O)CN(C)C(=O)[C@H](Cc2ccc(C)cc2)N(C)C(=O)CN(C)C(=O)CN(C)C1=O. The van der Waals surface area contributed by atoms with E-state index in [1.165, 1.54) is 79.9 Å². The monoisotopic (exact) mass is 1450 g/mol. The molecule has 5 fully saturated rings. The molecule has 2 saturated carbocycles. The van der Waals surface area contributed by atoms with E-state index >= 15 is 28.8 Å². The van der Waals surface area contributed by atoms with Gasteiger partial charge in [0.25, 0.3) is 0 Å². The maximum Gasteiger partial charge on any atom is 0.417 e. The number of hydrogen-bond donors (Lipinski definition) is 3. The second-order valence-corrected chi connectivity index (χ2v) is 29.6. The van der Waals surface area contributed by atoms with Crippen LogP contribution in [0.2, 0.25) is 5.02 Å². The van der Waals surface area contributed by atoms with Crippen LogP contribution in [0.5, 0.6) is 0 Å². The number of carbonyl (C=O) groups excluding carboxylic acids is 12. The molecule has 8 atom stereocenters. The van der Waals surface area contributed by atoms with Crippen molar-refractivity contribution in [3.63, 3.8) is 0 Å². The Balaban J connectivity index is 1.30. The molecule has 2 aromatic rings. The Hall–Kier alpha value is -7.88. The first-order chi connectivity index (χ1) is 48.1. The molecule has 0 bridgehead atoms. The molecule has 3 heterocycles. The van der Waals surface area contributed by atoms with Gasteiger partial charge in [0.05, 0.1) is 49.9 Å². The van der Waals surface area contributed by atoms with Crippen molar-refractivity contribution in [3.05, 3.63) is 69.7 Å². The van der Waals surface area contributed by atoms with Crippen LogP contribution in [-0.2, 0) is 81.3 Å². The number of halogens is 4. The Morgan fingerprint density at radius 1 is 0.647 bits per heavy atom. The number of benzene rings is 2. The smallest absolute Gasteiger partial charge is 0.378 e. The molecule has 2 aromatic carbocycles. The molecule has 3 N–H and O–H groups in total. The third-order valence-electron chi connectivity index (χ3n) is 21.3. The van der Waals surface area contributed by atoms with Crippen molar-refractivity contribution >= 4 is 82.5 Å². The summed E-state index contributed by atoms with van der Waals surface area (Å²) < 4.78 is 47.3. The molecule has 0 aromatic heterocycles. The quantitative estimate of drug-likeness (QED) is 0.272. The number of nitrogens with zero attached hydrogens (tertiary/aromatic N) is 9. The Morgan fingerprint density at radius 2 is 1.25 bits per heavy atom. The van der Waals surface area contributed by atoms with E-state index in [1.54, 1.807) is 19.1 Å². The molecule has 5 aliphatic rings. The molecule has 0 radical (unpaired) electrons. The highest BCUT2D eigenvalue weighted by Crippen LogP contribution is 2.38. The van der Waals surface area contributed by atoms with Crippen molar-refractivity contribution in [2.45, 2.75) is 198 Å². The number of likely N-dealkylation sites (N-methyl/N-ethyl adjacent to an activating group) is 7. The number of amides is 12. The fraction of sp³-hybridized carbons (Fsp3) is 0.671. The number of hydrogen-bond acceptors (Lipinski definition) is 13. The molecule has 7 rings (SSSR count). The van der Waals surface area contributed by atoms with Gasteiger partial charge >= 0.3 is 6.18 Å². The second-order valence-electron chi connectivity index (χ2n) is 29.2. The molecular formula is C73H106ClF3N12O13. The average molecular weight is 1450 g/mol. The molecule has 3 aliphatic heterocycles. The van der Waals surface area contributed by atoms with Gasteiger partial charge < -0.3 is 64.8 Å². The van der Waals surface area contributed by atoms with Crippen molar-refractivity contribution in [1.82, 2.24) is 60.0 Å². The first-order valence-electron chi connectivity index (χ1n) is 35.9. The first kappa shape index (κ1) is 81.4. The minimum atomic E-state index is -4.77. The lowest BCUT2D eigenvalue weighted by molar-refractivity contribution is -0.158. The van der Waals surface area contributed by atoms with Crippen molar-refractivity contribution in [2.75, 3.05) is 102 Å². The number of carbonyl (C=O) groups is 12. The van der Waals surface area contributed by atoms with Crippen LogP contribution in [-0.4, -0.2) is 265 Å². The number of fused-ring (bicyclic) bond motifs is 1. The normalized spacial score (nSPS) is 25.5. The predicted molar refractivity (Wildman–Crippen MR) is 374 cm³/mol. The van der Waals surface area contributed by atoms with Gasteiger partial charge in [0, 0.05) is 75.4 Å². The van der Waals surface area contributed by atoms with Crippen LogP contribution in [0.4, 0.5) is 13.2 Å². The van der Waals surface area contributed by atoms with E-state index < -0.39 is 173 Å².